The number of amides is 2. The van der Waals surface area contributed by atoms with E-state index in [0.29, 0.717) is 18.3 Å². The molecule has 186 valence electrons. The average molecular weight is 493 g/mol. The van der Waals surface area contributed by atoms with Crippen LogP contribution in [0.15, 0.2) is 83.0 Å². The molecule has 4 aromatic rings. The number of benzene rings is 3. The van der Waals surface area contributed by atoms with Crippen molar-refractivity contribution < 1.29 is 14.1 Å². The van der Waals surface area contributed by atoms with E-state index in [1.54, 1.807) is 4.90 Å². The average Bonchev–Trinajstić information content (AvgIpc) is 3.59. The molecule has 2 heterocycles. The zero-order chi connectivity index (χ0) is 25.4. The van der Waals surface area contributed by atoms with Gasteiger partial charge in [-0.25, -0.2) is 4.79 Å². The maximum atomic E-state index is 13.5. The number of fused-ring (bicyclic) bond motifs is 1. The quantitative estimate of drug-likeness (QED) is 0.340. The normalized spacial score (nSPS) is 17.1. The monoisotopic (exact) mass is 492 g/mol. The molecule has 37 heavy (non-hydrogen) atoms. The van der Waals surface area contributed by atoms with Crippen molar-refractivity contribution in [2.45, 2.75) is 39.2 Å². The minimum Gasteiger partial charge on any atom is -0.494 e. The molecule has 1 N–H and O–H groups in total. The Bertz CT molecular complexity index is 1470. The molecule has 1 aromatic heterocycles. The molecule has 0 saturated carbocycles. The van der Waals surface area contributed by atoms with Gasteiger partial charge >= 0.3 is 6.03 Å². The molecule has 2 amide bonds. The van der Waals surface area contributed by atoms with Crippen molar-refractivity contribution >= 4 is 17.3 Å². The first kappa shape index (κ1) is 23.0. The molecule has 1 aliphatic heterocycles. The summed E-state index contributed by atoms with van der Waals surface area (Å²) in [6.45, 7) is 4.50. The van der Waals surface area contributed by atoms with E-state index in [9.17, 15) is 4.79 Å². The third kappa shape index (κ3) is 4.27. The summed E-state index contributed by atoms with van der Waals surface area (Å²) in [5.41, 5.74) is 6.81. The van der Waals surface area contributed by atoms with Crippen molar-refractivity contribution in [3.8, 4) is 17.1 Å². The predicted molar refractivity (Wildman–Crippen MR) is 142 cm³/mol. The van der Waals surface area contributed by atoms with Crippen LogP contribution in [0, 0.1) is 0 Å². The van der Waals surface area contributed by atoms with Crippen molar-refractivity contribution in [2.24, 2.45) is 0 Å². The zero-order valence-corrected chi connectivity index (χ0v) is 20.9. The zero-order valence-electron chi connectivity index (χ0n) is 20.9. The largest absolute Gasteiger partial charge is 0.494 e. The van der Waals surface area contributed by atoms with Crippen molar-refractivity contribution in [2.75, 3.05) is 11.5 Å². The molecule has 2 aliphatic rings. The lowest BCUT2D eigenvalue weighted by Crippen LogP contribution is -2.46. The number of carbonyl (C=O) groups is 1. The Morgan fingerprint density at radius 1 is 1.03 bits per heavy atom. The Hall–Kier alpha value is -4.39. The first-order chi connectivity index (χ1) is 18.1. The second kappa shape index (κ2) is 9.58. The summed E-state index contributed by atoms with van der Waals surface area (Å²) in [5.74, 6) is 1.64. The smallest absolute Gasteiger partial charge is 0.326 e. The molecular weight excluding hydrogens is 464 g/mol. The maximum absolute atomic E-state index is 13.5. The summed E-state index contributed by atoms with van der Waals surface area (Å²) in [6.07, 6.45) is 3.28. The van der Waals surface area contributed by atoms with Crippen LogP contribution in [0.3, 0.4) is 0 Å². The minimum absolute atomic E-state index is 0.181. The first-order valence-corrected chi connectivity index (χ1v) is 12.7. The van der Waals surface area contributed by atoms with Crippen molar-refractivity contribution in [3.05, 3.63) is 101 Å². The fourth-order valence-electron chi connectivity index (χ4n) is 5.24. The highest BCUT2D eigenvalue weighted by Gasteiger charge is 2.36. The number of allylic oxidation sites excluding steroid dienone is 1. The molecule has 7 nitrogen and oxygen atoms in total. The van der Waals surface area contributed by atoms with Crippen LogP contribution in [-0.4, -0.2) is 22.8 Å². The number of carbonyl (C=O) groups excluding carboxylic acids is 1. The standard InChI is InChI=1S/C30H28N4O3/c1-3-36-25-16-13-22(14-17-25)28-32-29(37-33-28)26-19(2)34(24-15-12-20-10-7-11-23(20)18-24)30(35)31-27(26)21-8-5-4-6-9-21/h4-6,8-9,12-18,27H,3,7,10-11H2,1-2H3,(H,31,35). The van der Waals surface area contributed by atoms with Crippen LogP contribution in [0.4, 0.5) is 10.5 Å². The number of hydrogen-bond acceptors (Lipinski definition) is 5. The van der Waals surface area contributed by atoms with E-state index in [0.717, 1.165) is 53.1 Å². The minimum atomic E-state index is -0.423. The van der Waals surface area contributed by atoms with E-state index in [1.165, 1.54) is 11.1 Å². The number of nitrogens with one attached hydrogen (secondary N) is 1. The summed E-state index contributed by atoms with van der Waals surface area (Å²) in [4.78, 5) is 20.0. The van der Waals surface area contributed by atoms with Gasteiger partial charge < -0.3 is 14.6 Å². The number of urea groups is 1. The van der Waals surface area contributed by atoms with Gasteiger partial charge in [0, 0.05) is 11.3 Å². The van der Waals surface area contributed by atoms with Crippen molar-refractivity contribution in [1.29, 1.82) is 0 Å². The Kier molecular flexibility index (Phi) is 5.96. The van der Waals surface area contributed by atoms with Gasteiger partial charge in [-0.1, -0.05) is 41.6 Å². The lowest BCUT2D eigenvalue weighted by atomic mass is 9.94. The first-order valence-electron chi connectivity index (χ1n) is 12.7. The molecule has 1 atom stereocenters. The van der Waals surface area contributed by atoms with Crippen molar-refractivity contribution in [3.63, 3.8) is 0 Å². The third-order valence-corrected chi connectivity index (χ3v) is 7.04. The van der Waals surface area contributed by atoms with Gasteiger partial charge in [0.2, 0.25) is 5.82 Å². The van der Waals surface area contributed by atoms with E-state index in [4.69, 9.17) is 14.2 Å². The summed E-state index contributed by atoms with van der Waals surface area (Å²) >= 11 is 0. The van der Waals surface area contributed by atoms with Crippen LogP contribution in [0.25, 0.3) is 17.0 Å². The Balaban J connectivity index is 1.44. The van der Waals surface area contributed by atoms with Crippen LogP contribution in [0.2, 0.25) is 0 Å². The lowest BCUT2D eigenvalue weighted by molar-refractivity contribution is 0.244. The molecule has 6 rings (SSSR count). The number of ether oxygens (including phenoxy) is 1. The van der Waals surface area contributed by atoms with E-state index in [2.05, 4.69) is 22.6 Å². The van der Waals surface area contributed by atoms with Gasteiger partial charge in [-0.15, -0.1) is 0 Å². The number of aryl methyl sites for hydroxylation is 2. The molecule has 1 aliphatic carbocycles. The van der Waals surface area contributed by atoms with E-state index in [-0.39, 0.29) is 6.03 Å². The van der Waals surface area contributed by atoms with Crippen LogP contribution in [-0.2, 0) is 12.8 Å². The van der Waals surface area contributed by atoms with Gasteiger partial charge in [0.05, 0.1) is 23.9 Å². The van der Waals surface area contributed by atoms with Gasteiger partial charge in [0.15, 0.2) is 0 Å². The summed E-state index contributed by atoms with van der Waals surface area (Å²) in [5, 5.41) is 7.45. The second-order valence-electron chi connectivity index (χ2n) is 9.31. The SMILES string of the molecule is CCOc1ccc(-c2noc(C3=C(C)N(c4ccc5c(c4)CCC5)C(=O)NC3c3ccccc3)n2)cc1. The van der Waals surface area contributed by atoms with Crippen LogP contribution >= 0.6 is 0 Å². The number of nitrogens with zero attached hydrogens (tertiary/aromatic N) is 3. The van der Waals surface area contributed by atoms with Gasteiger partial charge in [-0.2, -0.15) is 4.98 Å². The van der Waals surface area contributed by atoms with E-state index < -0.39 is 6.04 Å². The highest BCUT2D eigenvalue weighted by molar-refractivity contribution is 6.01. The molecule has 0 bridgehead atoms. The topological polar surface area (TPSA) is 80.5 Å². The van der Waals surface area contributed by atoms with Crippen LogP contribution in [0.5, 0.6) is 5.75 Å². The number of hydrogen-bond donors (Lipinski definition) is 1. The molecular formula is C30H28N4O3. The molecule has 0 radical (unpaired) electrons. The highest BCUT2D eigenvalue weighted by atomic mass is 16.5. The van der Waals surface area contributed by atoms with Gasteiger partial charge in [-0.3, -0.25) is 4.90 Å². The van der Waals surface area contributed by atoms with Crippen LogP contribution in [0.1, 0.15) is 48.9 Å². The molecule has 0 fully saturated rings. The number of aromatic nitrogens is 2. The summed E-state index contributed by atoms with van der Waals surface area (Å²) in [7, 11) is 0. The maximum Gasteiger partial charge on any atom is 0.326 e. The van der Waals surface area contributed by atoms with E-state index >= 15 is 0 Å². The van der Waals surface area contributed by atoms with Crippen LogP contribution < -0.4 is 15.0 Å². The van der Waals surface area contributed by atoms with Gasteiger partial charge in [0.1, 0.15) is 5.75 Å². The predicted octanol–water partition coefficient (Wildman–Crippen LogP) is 6.33. The molecule has 7 heteroatoms. The number of rotatable bonds is 6. The fourth-order valence-corrected chi connectivity index (χ4v) is 5.24. The van der Waals surface area contributed by atoms with Gasteiger partial charge in [-0.05, 0) is 86.2 Å². The number of anilines is 1. The van der Waals surface area contributed by atoms with E-state index in [1.807, 2.05) is 74.5 Å². The summed E-state index contributed by atoms with van der Waals surface area (Å²) in [6, 6.07) is 23.1. The highest BCUT2D eigenvalue weighted by Crippen LogP contribution is 2.40. The third-order valence-electron chi connectivity index (χ3n) is 7.04. The molecule has 3 aromatic carbocycles. The Morgan fingerprint density at radius 2 is 1.81 bits per heavy atom. The molecule has 0 saturated heterocycles. The Morgan fingerprint density at radius 3 is 2.59 bits per heavy atom. The fraction of sp³-hybridized carbons (Fsp3) is 0.233. The van der Waals surface area contributed by atoms with Crippen molar-refractivity contribution in [1.82, 2.24) is 15.5 Å². The summed E-state index contributed by atoms with van der Waals surface area (Å²) < 4.78 is 11.4. The van der Waals surface area contributed by atoms with Gasteiger partial charge in [0.25, 0.3) is 5.89 Å². The lowest BCUT2D eigenvalue weighted by Gasteiger charge is -2.35. The second-order valence-corrected chi connectivity index (χ2v) is 9.31. The molecule has 0 spiro atoms. The Labute approximate surface area is 215 Å². The molecule has 1 unspecified atom stereocenters.